The van der Waals surface area contributed by atoms with E-state index in [9.17, 15) is 4.79 Å². The lowest BCUT2D eigenvalue weighted by Gasteiger charge is -2.08. The minimum Gasteiger partial charge on any atom is -0.496 e. The average Bonchev–Trinajstić information content (AvgIpc) is 2.20. The standard InChI is InChI=1S/C10H10ClIO2/c1-6-3-7(8(13)5-11)4-9(14-2)10(6)12/h3-4H,5H2,1-2H3. The van der Waals surface area contributed by atoms with E-state index in [1.165, 1.54) is 0 Å². The SMILES string of the molecule is COc1cc(C(=O)CCl)cc(C)c1I. The molecule has 0 aromatic heterocycles. The fraction of sp³-hybridized carbons (Fsp3) is 0.300. The highest BCUT2D eigenvalue weighted by molar-refractivity contribution is 14.1. The first-order valence-electron chi connectivity index (χ1n) is 4.03. The van der Waals surface area contributed by atoms with Crippen LogP contribution >= 0.6 is 34.2 Å². The molecule has 0 unspecified atom stereocenters. The molecule has 1 aromatic rings. The second kappa shape index (κ2) is 4.98. The molecule has 0 aliphatic carbocycles. The molecule has 4 heteroatoms. The topological polar surface area (TPSA) is 26.3 Å². The number of halogens is 2. The Morgan fingerprint density at radius 3 is 2.71 bits per heavy atom. The van der Waals surface area contributed by atoms with Crippen LogP contribution in [-0.4, -0.2) is 18.8 Å². The van der Waals surface area contributed by atoms with E-state index in [0.717, 1.165) is 14.9 Å². The van der Waals surface area contributed by atoms with E-state index < -0.39 is 0 Å². The summed E-state index contributed by atoms with van der Waals surface area (Å²) in [6.45, 7) is 1.94. The smallest absolute Gasteiger partial charge is 0.177 e. The average molecular weight is 325 g/mol. The summed E-state index contributed by atoms with van der Waals surface area (Å²) in [5.41, 5.74) is 1.63. The highest BCUT2D eigenvalue weighted by Gasteiger charge is 2.10. The highest BCUT2D eigenvalue weighted by atomic mass is 127. The van der Waals surface area contributed by atoms with Gasteiger partial charge < -0.3 is 4.74 Å². The number of ether oxygens (including phenoxy) is 1. The lowest BCUT2D eigenvalue weighted by Crippen LogP contribution is -2.02. The molecule has 0 bridgehead atoms. The quantitative estimate of drug-likeness (QED) is 0.485. The molecule has 0 radical (unpaired) electrons. The van der Waals surface area contributed by atoms with Crippen molar-refractivity contribution in [3.8, 4) is 5.75 Å². The zero-order valence-corrected chi connectivity index (χ0v) is 10.8. The number of carbonyl (C=O) groups is 1. The summed E-state index contributed by atoms with van der Waals surface area (Å²) >= 11 is 7.67. The maximum atomic E-state index is 11.4. The Balaban J connectivity index is 3.22. The van der Waals surface area contributed by atoms with Gasteiger partial charge in [-0.15, -0.1) is 11.6 Å². The molecule has 0 N–H and O–H groups in total. The number of ketones is 1. The van der Waals surface area contributed by atoms with Crippen LogP contribution in [0.5, 0.6) is 5.75 Å². The Morgan fingerprint density at radius 1 is 1.57 bits per heavy atom. The van der Waals surface area contributed by atoms with Crippen LogP contribution in [0, 0.1) is 10.5 Å². The Kier molecular flexibility index (Phi) is 4.19. The summed E-state index contributed by atoms with van der Waals surface area (Å²) in [7, 11) is 1.59. The molecule has 14 heavy (non-hydrogen) atoms. The summed E-state index contributed by atoms with van der Waals surface area (Å²) in [6.07, 6.45) is 0. The maximum absolute atomic E-state index is 11.4. The van der Waals surface area contributed by atoms with Gasteiger partial charge in [-0.1, -0.05) is 0 Å². The fourth-order valence-electron chi connectivity index (χ4n) is 1.12. The van der Waals surface area contributed by atoms with Gasteiger partial charge in [0.25, 0.3) is 0 Å². The molecule has 0 saturated heterocycles. The first-order valence-corrected chi connectivity index (χ1v) is 5.64. The molecule has 0 aliphatic rings. The molecule has 0 fully saturated rings. The van der Waals surface area contributed by atoms with E-state index in [0.29, 0.717) is 5.56 Å². The van der Waals surface area contributed by atoms with Crippen LogP contribution in [0.3, 0.4) is 0 Å². The first kappa shape index (κ1) is 11.8. The summed E-state index contributed by atoms with van der Waals surface area (Å²) in [5.74, 6) is 0.645. The third-order valence-corrected chi connectivity index (χ3v) is 3.51. The van der Waals surface area contributed by atoms with Crippen molar-refractivity contribution in [2.24, 2.45) is 0 Å². The van der Waals surface area contributed by atoms with Gasteiger partial charge in [0.05, 0.1) is 16.6 Å². The molecular formula is C10H10ClIO2. The molecule has 76 valence electrons. The Labute approximate surface area is 102 Å². The van der Waals surface area contributed by atoms with Crippen LogP contribution in [0.15, 0.2) is 12.1 Å². The van der Waals surface area contributed by atoms with Gasteiger partial charge in [-0.05, 0) is 47.2 Å². The maximum Gasteiger partial charge on any atom is 0.177 e. The molecule has 1 aromatic carbocycles. The molecule has 0 amide bonds. The molecule has 0 saturated carbocycles. The van der Waals surface area contributed by atoms with Gasteiger partial charge in [-0.2, -0.15) is 0 Å². The van der Waals surface area contributed by atoms with Crippen LogP contribution in [0.4, 0.5) is 0 Å². The molecular weight excluding hydrogens is 314 g/mol. The molecule has 0 spiro atoms. The zero-order valence-electron chi connectivity index (χ0n) is 7.93. The third-order valence-electron chi connectivity index (χ3n) is 1.88. The summed E-state index contributed by atoms with van der Waals surface area (Å²) in [6, 6.07) is 3.55. The van der Waals surface area contributed by atoms with E-state index >= 15 is 0 Å². The van der Waals surface area contributed by atoms with E-state index in [1.807, 2.05) is 13.0 Å². The number of alkyl halides is 1. The Bertz CT molecular complexity index is 363. The van der Waals surface area contributed by atoms with E-state index in [2.05, 4.69) is 22.6 Å². The van der Waals surface area contributed by atoms with Crippen LogP contribution in [0.25, 0.3) is 0 Å². The number of methoxy groups -OCH3 is 1. The van der Waals surface area contributed by atoms with Crippen molar-refractivity contribution in [1.82, 2.24) is 0 Å². The van der Waals surface area contributed by atoms with Gasteiger partial charge in [-0.25, -0.2) is 0 Å². The number of aryl methyl sites for hydroxylation is 1. The third kappa shape index (κ3) is 2.39. The van der Waals surface area contributed by atoms with Crippen molar-refractivity contribution in [2.45, 2.75) is 6.92 Å². The number of carbonyl (C=O) groups excluding carboxylic acids is 1. The second-order valence-electron chi connectivity index (χ2n) is 2.87. The summed E-state index contributed by atoms with van der Waals surface area (Å²) in [4.78, 5) is 11.4. The number of rotatable bonds is 3. The van der Waals surface area contributed by atoms with Gasteiger partial charge in [0.15, 0.2) is 5.78 Å². The van der Waals surface area contributed by atoms with E-state index in [4.69, 9.17) is 16.3 Å². The highest BCUT2D eigenvalue weighted by Crippen LogP contribution is 2.26. The van der Waals surface area contributed by atoms with Gasteiger partial charge >= 0.3 is 0 Å². The van der Waals surface area contributed by atoms with Gasteiger partial charge in [0, 0.05) is 5.56 Å². The van der Waals surface area contributed by atoms with Crippen LogP contribution < -0.4 is 4.74 Å². The van der Waals surface area contributed by atoms with Gasteiger partial charge in [0.1, 0.15) is 5.75 Å². The first-order chi connectivity index (χ1) is 6.60. The molecule has 0 aliphatic heterocycles. The normalized spacial score (nSPS) is 10.0. The summed E-state index contributed by atoms with van der Waals surface area (Å²) < 4.78 is 6.18. The minimum absolute atomic E-state index is 0.00316. The Morgan fingerprint density at radius 2 is 2.21 bits per heavy atom. The fourth-order valence-corrected chi connectivity index (χ4v) is 1.81. The van der Waals surface area contributed by atoms with Crippen LogP contribution in [-0.2, 0) is 0 Å². The van der Waals surface area contributed by atoms with Crippen molar-refractivity contribution in [1.29, 1.82) is 0 Å². The molecule has 1 rings (SSSR count). The van der Waals surface area contributed by atoms with Crippen molar-refractivity contribution < 1.29 is 9.53 Å². The van der Waals surface area contributed by atoms with E-state index in [-0.39, 0.29) is 11.7 Å². The minimum atomic E-state index is -0.0792. The number of Topliss-reactive ketones (excluding diaryl/α,β-unsaturated/α-hetero) is 1. The van der Waals surface area contributed by atoms with Crippen molar-refractivity contribution >= 4 is 40.0 Å². The molecule has 0 atom stereocenters. The number of hydrogen-bond donors (Lipinski definition) is 0. The molecule has 2 nitrogen and oxygen atoms in total. The van der Waals surface area contributed by atoms with Gasteiger partial charge in [-0.3, -0.25) is 4.79 Å². The van der Waals surface area contributed by atoms with Crippen LogP contribution in [0.1, 0.15) is 15.9 Å². The van der Waals surface area contributed by atoms with Crippen LogP contribution in [0.2, 0.25) is 0 Å². The lowest BCUT2D eigenvalue weighted by atomic mass is 10.1. The zero-order chi connectivity index (χ0) is 10.7. The number of benzene rings is 1. The largest absolute Gasteiger partial charge is 0.496 e. The monoisotopic (exact) mass is 324 g/mol. The summed E-state index contributed by atoms with van der Waals surface area (Å²) in [5, 5.41) is 0. The molecule has 0 heterocycles. The van der Waals surface area contributed by atoms with Crippen molar-refractivity contribution in [3.05, 3.63) is 26.8 Å². The van der Waals surface area contributed by atoms with Gasteiger partial charge in [0.2, 0.25) is 0 Å². The Hall–Kier alpha value is -0.290. The van der Waals surface area contributed by atoms with Crippen molar-refractivity contribution in [3.63, 3.8) is 0 Å². The second-order valence-corrected chi connectivity index (χ2v) is 4.21. The predicted octanol–water partition coefficient (Wildman–Crippen LogP) is 3.03. The lowest BCUT2D eigenvalue weighted by molar-refractivity contribution is 0.102. The predicted molar refractivity (Wildman–Crippen MR) is 65.5 cm³/mol. The van der Waals surface area contributed by atoms with E-state index in [1.54, 1.807) is 13.2 Å². The number of hydrogen-bond acceptors (Lipinski definition) is 2. The van der Waals surface area contributed by atoms with Crippen molar-refractivity contribution in [2.75, 3.05) is 13.0 Å².